The smallest absolute Gasteiger partial charge is 0.339 e. The molecule has 1 aromatic carbocycles. The topological polar surface area (TPSA) is 127 Å². The molecule has 1 rings (SSSR count). The predicted molar refractivity (Wildman–Crippen MR) is 117 cm³/mol. The summed E-state index contributed by atoms with van der Waals surface area (Å²) in [5.74, 6) is -2.05. The van der Waals surface area contributed by atoms with Crippen LogP contribution in [0.15, 0.2) is 48.6 Å². The number of aliphatic hydroxyl groups is 2. The Morgan fingerprint density at radius 3 is 1.44 bits per heavy atom. The lowest BCUT2D eigenvalue weighted by atomic mass is 10.1. The van der Waals surface area contributed by atoms with Gasteiger partial charge in [-0.25, -0.2) is 9.59 Å². The van der Waals surface area contributed by atoms with Crippen molar-refractivity contribution in [1.29, 1.82) is 0 Å². The minimum absolute atomic E-state index is 0.0605. The van der Waals surface area contributed by atoms with Crippen LogP contribution >= 0.6 is 0 Å². The Bertz CT molecular complexity index is 800. The van der Waals surface area contributed by atoms with Crippen molar-refractivity contribution in [3.8, 4) is 0 Å². The maximum absolute atomic E-state index is 12.4. The average molecular weight is 446 g/mol. The first-order valence-electron chi connectivity index (χ1n) is 10.2. The van der Waals surface area contributed by atoms with Crippen molar-refractivity contribution >= 4 is 23.5 Å². The summed E-state index contributed by atoms with van der Waals surface area (Å²) in [7, 11) is 0. The summed E-state index contributed by atoms with van der Waals surface area (Å²) in [6.45, 7) is 9.52. The van der Waals surface area contributed by atoms with Crippen LogP contribution in [0.2, 0.25) is 0 Å². The van der Waals surface area contributed by atoms with Gasteiger partial charge in [0.25, 0.3) is 0 Å². The molecule has 0 aliphatic carbocycles. The molecule has 0 aliphatic rings. The average Bonchev–Trinajstić information content (AvgIpc) is 2.77. The minimum Gasteiger partial charge on any atom is -0.459 e. The second-order valence-electron chi connectivity index (χ2n) is 7.53. The van der Waals surface area contributed by atoms with Gasteiger partial charge in [-0.15, -0.1) is 0 Å². The van der Waals surface area contributed by atoms with Crippen LogP contribution in [0, 0.1) is 0 Å². The van der Waals surface area contributed by atoms with Crippen molar-refractivity contribution in [2.45, 2.75) is 51.7 Å². The van der Waals surface area contributed by atoms with E-state index in [4.69, 9.17) is 9.47 Å². The van der Waals surface area contributed by atoms with Gasteiger partial charge in [-0.2, -0.15) is 0 Å². The van der Waals surface area contributed by atoms with Crippen LogP contribution in [-0.2, 0) is 19.1 Å². The van der Waals surface area contributed by atoms with E-state index < -0.39 is 24.1 Å². The molecule has 1 aromatic rings. The number of ketones is 2. The standard InChI is InChI=1S/C24H30O8/c1-15(2)21(27)11-9-17(25)13-31-23(29)19-7-5-6-8-20(19)24(30)32-14-18(26)10-12-22(28)16(3)4/h5-8,17-18,25-26H,1,3,9-14H2,2,4H3. The number of ether oxygens (including phenoxy) is 2. The van der Waals surface area contributed by atoms with Crippen molar-refractivity contribution in [2.24, 2.45) is 0 Å². The van der Waals surface area contributed by atoms with E-state index >= 15 is 0 Å². The van der Waals surface area contributed by atoms with E-state index in [9.17, 15) is 29.4 Å². The van der Waals surface area contributed by atoms with Crippen LogP contribution in [0.5, 0.6) is 0 Å². The Morgan fingerprint density at radius 2 is 1.12 bits per heavy atom. The summed E-state index contributed by atoms with van der Waals surface area (Å²) in [5.41, 5.74) is 0.646. The highest BCUT2D eigenvalue weighted by atomic mass is 16.5. The Labute approximate surface area is 187 Å². The quantitative estimate of drug-likeness (QED) is 0.330. The monoisotopic (exact) mass is 446 g/mol. The normalized spacial score (nSPS) is 12.4. The summed E-state index contributed by atoms with van der Waals surface area (Å²) in [5, 5.41) is 19.8. The molecule has 174 valence electrons. The van der Waals surface area contributed by atoms with Gasteiger partial charge in [0.05, 0.1) is 23.3 Å². The molecule has 2 atom stereocenters. The third-order valence-corrected chi connectivity index (χ3v) is 4.54. The fourth-order valence-corrected chi connectivity index (χ4v) is 2.53. The van der Waals surface area contributed by atoms with Crippen LogP contribution in [0.25, 0.3) is 0 Å². The lowest BCUT2D eigenvalue weighted by molar-refractivity contribution is -0.116. The molecule has 0 spiro atoms. The molecule has 0 aromatic heterocycles. The van der Waals surface area contributed by atoms with Gasteiger partial charge < -0.3 is 19.7 Å². The van der Waals surface area contributed by atoms with Gasteiger partial charge in [-0.1, -0.05) is 25.3 Å². The largest absolute Gasteiger partial charge is 0.459 e. The lowest BCUT2D eigenvalue weighted by Gasteiger charge is -2.14. The summed E-state index contributed by atoms with van der Waals surface area (Å²) < 4.78 is 10.1. The molecular formula is C24H30O8. The molecule has 2 unspecified atom stereocenters. The van der Waals surface area contributed by atoms with Crippen LogP contribution in [0.4, 0.5) is 0 Å². The number of aliphatic hydroxyl groups excluding tert-OH is 2. The zero-order valence-corrected chi connectivity index (χ0v) is 18.5. The number of Topliss-reactive ketones (excluding diaryl/α,β-unsaturated/α-hetero) is 2. The molecular weight excluding hydrogens is 416 g/mol. The van der Waals surface area contributed by atoms with Gasteiger partial charge in [-0.3, -0.25) is 9.59 Å². The van der Waals surface area contributed by atoms with Crippen molar-refractivity contribution in [1.82, 2.24) is 0 Å². The van der Waals surface area contributed by atoms with Gasteiger partial charge in [0, 0.05) is 12.8 Å². The van der Waals surface area contributed by atoms with Crippen molar-refractivity contribution < 1.29 is 38.9 Å². The number of hydrogen-bond acceptors (Lipinski definition) is 8. The van der Waals surface area contributed by atoms with Gasteiger partial charge in [0.1, 0.15) is 13.2 Å². The highest BCUT2D eigenvalue weighted by molar-refractivity contribution is 6.03. The van der Waals surface area contributed by atoms with Gasteiger partial charge in [0.2, 0.25) is 0 Å². The first-order valence-corrected chi connectivity index (χ1v) is 10.2. The SMILES string of the molecule is C=C(C)C(=O)CCC(O)COC(=O)c1ccccc1C(=O)OCC(O)CCC(=O)C(=C)C. The molecule has 32 heavy (non-hydrogen) atoms. The summed E-state index contributed by atoms with van der Waals surface area (Å²) in [6.07, 6.45) is -1.71. The van der Waals surface area contributed by atoms with E-state index in [1.165, 1.54) is 24.3 Å². The maximum Gasteiger partial charge on any atom is 0.339 e. The summed E-state index contributed by atoms with van der Waals surface area (Å²) >= 11 is 0. The first kappa shape index (κ1) is 26.9. The molecule has 0 heterocycles. The predicted octanol–water partition coefficient (Wildman–Crippen LogP) is 2.57. The number of rotatable bonds is 14. The van der Waals surface area contributed by atoms with Gasteiger partial charge in [0.15, 0.2) is 11.6 Å². The number of carbonyl (C=O) groups excluding carboxylic acids is 4. The van der Waals surface area contributed by atoms with E-state index in [0.29, 0.717) is 11.1 Å². The van der Waals surface area contributed by atoms with E-state index in [1.54, 1.807) is 13.8 Å². The van der Waals surface area contributed by atoms with Gasteiger partial charge in [-0.05, 0) is 50.0 Å². The molecule has 0 fully saturated rings. The van der Waals surface area contributed by atoms with Crippen LogP contribution in [0.3, 0.4) is 0 Å². The Hall–Kier alpha value is -3.10. The zero-order valence-electron chi connectivity index (χ0n) is 18.5. The minimum atomic E-state index is -1.04. The second kappa shape index (κ2) is 13.3. The van der Waals surface area contributed by atoms with Crippen molar-refractivity contribution in [3.05, 3.63) is 59.7 Å². The number of esters is 2. The number of benzene rings is 1. The molecule has 0 aliphatic heterocycles. The fourth-order valence-electron chi connectivity index (χ4n) is 2.53. The molecule has 0 amide bonds. The highest BCUT2D eigenvalue weighted by Crippen LogP contribution is 2.14. The number of hydrogen-bond donors (Lipinski definition) is 2. The highest BCUT2D eigenvalue weighted by Gasteiger charge is 2.21. The van der Waals surface area contributed by atoms with Gasteiger partial charge >= 0.3 is 11.9 Å². The molecule has 8 nitrogen and oxygen atoms in total. The second-order valence-corrected chi connectivity index (χ2v) is 7.53. The number of carbonyl (C=O) groups is 4. The fraction of sp³-hybridized carbons (Fsp3) is 0.417. The van der Waals surface area contributed by atoms with E-state index in [1.807, 2.05) is 0 Å². The Kier molecular flexibility index (Phi) is 11.2. The first-order chi connectivity index (χ1) is 15.0. The Balaban J connectivity index is 2.60. The third kappa shape index (κ3) is 9.36. The van der Waals surface area contributed by atoms with E-state index in [-0.39, 0.29) is 61.6 Å². The Morgan fingerprint density at radius 1 is 0.781 bits per heavy atom. The van der Waals surface area contributed by atoms with Crippen LogP contribution in [0.1, 0.15) is 60.2 Å². The zero-order chi connectivity index (χ0) is 24.3. The lowest BCUT2D eigenvalue weighted by Crippen LogP contribution is -2.23. The third-order valence-electron chi connectivity index (χ3n) is 4.54. The summed E-state index contributed by atoms with van der Waals surface area (Å²) in [6, 6.07) is 5.82. The van der Waals surface area contributed by atoms with Crippen molar-refractivity contribution in [3.63, 3.8) is 0 Å². The van der Waals surface area contributed by atoms with Crippen LogP contribution < -0.4 is 0 Å². The van der Waals surface area contributed by atoms with E-state index in [0.717, 1.165) is 0 Å². The van der Waals surface area contributed by atoms with Crippen molar-refractivity contribution in [2.75, 3.05) is 13.2 Å². The molecule has 8 heteroatoms. The molecule has 0 radical (unpaired) electrons. The molecule has 0 bridgehead atoms. The van der Waals surface area contributed by atoms with Crippen LogP contribution in [-0.4, -0.2) is 59.1 Å². The number of allylic oxidation sites excluding steroid dienone is 2. The maximum atomic E-state index is 12.4. The molecule has 2 N–H and O–H groups in total. The molecule has 0 saturated heterocycles. The molecule has 0 saturated carbocycles. The van der Waals surface area contributed by atoms with E-state index in [2.05, 4.69) is 13.2 Å². The summed E-state index contributed by atoms with van der Waals surface area (Å²) in [4.78, 5) is 47.8.